The van der Waals surface area contributed by atoms with E-state index >= 15 is 0 Å². The number of pyridine rings is 1. The Morgan fingerprint density at radius 1 is 1.15 bits per heavy atom. The molecule has 0 aliphatic carbocycles. The Labute approximate surface area is 167 Å². The average molecular weight is 388 g/mol. The molecule has 146 valence electrons. The summed E-state index contributed by atoms with van der Waals surface area (Å²) in [5, 5.41) is 7.63. The fourth-order valence-corrected chi connectivity index (χ4v) is 3.39. The normalized spacial score (nSPS) is 12.9. The molecule has 0 saturated carbocycles. The van der Waals surface area contributed by atoms with Crippen LogP contribution in [0, 0.1) is 0 Å². The molecule has 1 aromatic carbocycles. The summed E-state index contributed by atoms with van der Waals surface area (Å²) in [4.78, 5) is 10.9. The number of nitrogens with zero attached hydrogens (tertiary/aromatic N) is 3. The van der Waals surface area contributed by atoms with Crippen LogP contribution in [-0.2, 0) is 6.42 Å². The molecule has 0 spiro atoms. The van der Waals surface area contributed by atoms with Gasteiger partial charge in [0.2, 0.25) is 0 Å². The molecule has 1 heterocycles. The molecule has 0 aliphatic heterocycles. The van der Waals surface area contributed by atoms with E-state index in [0.717, 1.165) is 49.1 Å². The molecule has 0 fully saturated rings. The zero-order valence-corrected chi connectivity index (χ0v) is 17.2. The summed E-state index contributed by atoms with van der Waals surface area (Å²) < 4.78 is 0. The SMILES string of the molecule is CCN(CC)C(CNC(=NC)NCCc1cccnc1)c1ccccc1Cl. The maximum atomic E-state index is 6.47. The number of aliphatic imine (C=N–C) groups is 1. The summed E-state index contributed by atoms with van der Waals surface area (Å²) in [6, 6.07) is 12.3. The Morgan fingerprint density at radius 3 is 2.56 bits per heavy atom. The van der Waals surface area contributed by atoms with Gasteiger partial charge in [-0.15, -0.1) is 0 Å². The molecule has 1 aromatic heterocycles. The number of rotatable bonds is 9. The van der Waals surface area contributed by atoms with Gasteiger partial charge in [0.1, 0.15) is 0 Å². The van der Waals surface area contributed by atoms with Crippen molar-refractivity contribution in [2.45, 2.75) is 26.3 Å². The van der Waals surface area contributed by atoms with Gasteiger partial charge >= 0.3 is 0 Å². The monoisotopic (exact) mass is 387 g/mol. The van der Waals surface area contributed by atoms with Gasteiger partial charge in [0.15, 0.2) is 5.96 Å². The van der Waals surface area contributed by atoms with Crippen LogP contribution in [0.4, 0.5) is 0 Å². The van der Waals surface area contributed by atoms with E-state index in [1.54, 1.807) is 13.2 Å². The van der Waals surface area contributed by atoms with Crippen LogP contribution in [0.2, 0.25) is 5.02 Å². The number of benzene rings is 1. The molecule has 2 N–H and O–H groups in total. The highest BCUT2D eigenvalue weighted by atomic mass is 35.5. The lowest BCUT2D eigenvalue weighted by Gasteiger charge is -2.31. The predicted octanol–water partition coefficient (Wildman–Crippen LogP) is 3.53. The first-order valence-electron chi connectivity index (χ1n) is 9.51. The average Bonchev–Trinajstić information content (AvgIpc) is 2.71. The number of aromatic nitrogens is 1. The standard InChI is InChI=1S/C21H30ClN5/c1-4-27(5-2)20(18-10-6-7-11-19(18)22)16-26-21(23-3)25-14-12-17-9-8-13-24-15-17/h6-11,13,15,20H,4-5,12,14,16H2,1-3H3,(H2,23,25,26). The summed E-state index contributed by atoms with van der Waals surface area (Å²) in [5.41, 5.74) is 2.35. The van der Waals surface area contributed by atoms with Crippen molar-refractivity contribution in [1.29, 1.82) is 0 Å². The van der Waals surface area contributed by atoms with E-state index in [9.17, 15) is 0 Å². The Bertz CT molecular complexity index is 701. The largest absolute Gasteiger partial charge is 0.356 e. The smallest absolute Gasteiger partial charge is 0.191 e. The quantitative estimate of drug-likeness (QED) is 0.510. The van der Waals surface area contributed by atoms with Crippen LogP contribution in [0.1, 0.15) is 31.0 Å². The molecule has 27 heavy (non-hydrogen) atoms. The van der Waals surface area contributed by atoms with Gasteiger partial charge in [0.25, 0.3) is 0 Å². The molecule has 6 heteroatoms. The molecule has 0 radical (unpaired) electrons. The molecule has 2 rings (SSSR count). The number of likely N-dealkylation sites (N-methyl/N-ethyl adjacent to an activating group) is 1. The highest BCUT2D eigenvalue weighted by molar-refractivity contribution is 6.31. The first-order valence-corrected chi connectivity index (χ1v) is 9.89. The number of nitrogens with one attached hydrogen (secondary N) is 2. The molecule has 5 nitrogen and oxygen atoms in total. The highest BCUT2D eigenvalue weighted by Gasteiger charge is 2.20. The summed E-state index contributed by atoms with van der Waals surface area (Å²) in [7, 11) is 1.79. The lowest BCUT2D eigenvalue weighted by Crippen LogP contribution is -2.43. The third-order valence-electron chi connectivity index (χ3n) is 4.63. The topological polar surface area (TPSA) is 52.5 Å². The summed E-state index contributed by atoms with van der Waals surface area (Å²) in [6.45, 7) is 7.80. The van der Waals surface area contributed by atoms with Crippen LogP contribution in [-0.4, -0.2) is 49.1 Å². The van der Waals surface area contributed by atoms with Gasteiger partial charge in [-0.3, -0.25) is 14.9 Å². The van der Waals surface area contributed by atoms with Crippen molar-refractivity contribution in [3.63, 3.8) is 0 Å². The van der Waals surface area contributed by atoms with E-state index in [0.29, 0.717) is 0 Å². The van der Waals surface area contributed by atoms with Crippen molar-refractivity contribution in [3.05, 3.63) is 64.9 Å². The van der Waals surface area contributed by atoms with Crippen molar-refractivity contribution >= 4 is 17.6 Å². The van der Waals surface area contributed by atoms with E-state index < -0.39 is 0 Å². The zero-order valence-electron chi connectivity index (χ0n) is 16.5. The Hall–Kier alpha value is -2.11. The van der Waals surface area contributed by atoms with Crippen LogP contribution in [0.15, 0.2) is 53.8 Å². The fraction of sp³-hybridized carbons (Fsp3) is 0.429. The van der Waals surface area contributed by atoms with Gasteiger partial charge in [0, 0.05) is 37.6 Å². The van der Waals surface area contributed by atoms with Gasteiger partial charge in [-0.2, -0.15) is 0 Å². The van der Waals surface area contributed by atoms with Crippen molar-refractivity contribution in [2.24, 2.45) is 4.99 Å². The van der Waals surface area contributed by atoms with Crippen molar-refractivity contribution in [2.75, 3.05) is 33.2 Å². The third kappa shape index (κ3) is 6.52. The Kier molecular flexibility index (Phi) is 9.08. The molecular weight excluding hydrogens is 358 g/mol. The van der Waals surface area contributed by atoms with Crippen LogP contribution >= 0.6 is 11.6 Å². The van der Waals surface area contributed by atoms with Gasteiger partial charge in [-0.25, -0.2) is 0 Å². The van der Waals surface area contributed by atoms with Gasteiger partial charge in [-0.1, -0.05) is 49.7 Å². The minimum Gasteiger partial charge on any atom is -0.356 e. The van der Waals surface area contributed by atoms with Gasteiger partial charge in [0.05, 0.1) is 6.04 Å². The second-order valence-corrected chi connectivity index (χ2v) is 6.66. The number of hydrogen-bond donors (Lipinski definition) is 2. The van der Waals surface area contributed by atoms with Crippen LogP contribution in [0.3, 0.4) is 0 Å². The number of hydrogen-bond acceptors (Lipinski definition) is 3. The highest BCUT2D eigenvalue weighted by Crippen LogP contribution is 2.26. The van der Waals surface area contributed by atoms with Gasteiger partial charge in [-0.05, 0) is 42.8 Å². The van der Waals surface area contributed by atoms with E-state index in [1.807, 2.05) is 30.5 Å². The van der Waals surface area contributed by atoms with E-state index in [-0.39, 0.29) is 6.04 Å². The van der Waals surface area contributed by atoms with E-state index in [1.165, 1.54) is 5.56 Å². The molecule has 1 unspecified atom stereocenters. The lowest BCUT2D eigenvalue weighted by atomic mass is 10.0. The third-order valence-corrected chi connectivity index (χ3v) is 4.98. The molecule has 1 atom stereocenters. The molecular formula is C21H30ClN5. The second-order valence-electron chi connectivity index (χ2n) is 6.25. The van der Waals surface area contributed by atoms with E-state index in [4.69, 9.17) is 11.6 Å². The van der Waals surface area contributed by atoms with Crippen molar-refractivity contribution in [3.8, 4) is 0 Å². The maximum absolute atomic E-state index is 6.47. The van der Waals surface area contributed by atoms with Crippen LogP contribution < -0.4 is 10.6 Å². The summed E-state index contributed by atoms with van der Waals surface area (Å²) in [5.74, 6) is 0.795. The first kappa shape index (κ1) is 21.2. The summed E-state index contributed by atoms with van der Waals surface area (Å²) in [6.07, 6.45) is 4.59. The predicted molar refractivity (Wildman–Crippen MR) is 114 cm³/mol. The first-order chi connectivity index (χ1) is 13.2. The zero-order chi connectivity index (χ0) is 19.5. The molecule has 2 aromatic rings. The van der Waals surface area contributed by atoms with E-state index in [2.05, 4.69) is 51.5 Å². The minimum atomic E-state index is 0.186. The number of halogens is 1. The molecule has 0 saturated heterocycles. The minimum absolute atomic E-state index is 0.186. The van der Waals surface area contributed by atoms with Crippen molar-refractivity contribution in [1.82, 2.24) is 20.5 Å². The Balaban J connectivity index is 1.96. The Morgan fingerprint density at radius 2 is 1.93 bits per heavy atom. The second kappa shape index (κ2) is 11.6. The van der Waals surface area contributed by atoms with Gasteiger partial charge < -0.3 is 10.6 Å². The number of guanidine groups is 1. The maximum Gasteiger partial charge on any atom is 0.191 e. The molecule has 0 bridgehead atoms. The summed E-state index contributed by atoms with van der Waals surface area (Å²) >= 11 is 6.47. The fourth-order valence-electron chi connectivity index (χ4n) is 3.13. The van der Waals surface area contributed by atoms with Crippen LogP contribution in [0.25, 0.3) is 0 Å². The van der Waals surface area contributed by atoms with Crippen molar-refractivity contribution < 1.29 is 0 Å². The van der Waals surface area contributed by atoms with Crippen LogP contribution in [0.5, 0.6) is 0 Å². The molecule has 0 amide bonds. The lowest BCUT2D eigenvalue weighted by molar-refractivity contribution is 0.219. The molecule has 0 aliphatic rings.